The van der Waals surface area contributed by atoms with Crippen LogP contribution in [0.4, 0.5) is 0 Å². The van der Waals surface area contributed by atoms with Crippen molar-refractivity contribution in [2.45, 2.75) is 26.5 Å². The molecule has 0 aliphatic rings. The summed E-state index contributed by atoms with van der Waals surface area (Å²) in [4.78, 5) is 0. The smallest absolute Gasteiger partial charge is 0.0852 e. The standard InChI is InChI=1S/C8H12BrNO/c1-6(2)10-4-7(5-11)3-8(10)9/h3-4,6,11H,5H2,1-2H3. The first-order valence-electron chi connectivity index (χ1n) is 3.62. The Morgan fingerprint density at radius 1 is 1.64 bits per heavy atom. The minimum Gasteiger partial charge on any atom is -0.392 e. The van der Waals surface area contributed by atoms with E-state index < -0.39 is 0 Å². The Labute approximate surface area is 75.0 Å². The largest absolute Gasteiger partial charge is 0.392 e. The fourth-order valence-corrected chi connectivity index (χ4v) is 1.79. The van der Waals surface area contributed by atoms with Crippen molar-refractivity contribution < 1.29 is 5.11 Å². The third kappa shape index (κ3) is 1.84. The highest BCUT2D eigenvalue weighted by atomic mass is 79.9. The lowest BCUT2D eigenvalue weighted by molar-refractivity contribution is 0.281. The number of rotatable bonds is 2. The Hall–Kier alpha value is -0.280. The van der Waals surface area contributed by atoms with Crippen LogP contribution in [0.25, 0.3) is 0 Å². The molecule has 11 heavy (non-hydrogen) atoms. The number of halogens is 1. The first-order valence-corrected chi connectivity index (χ1v) is 4.41. The van der Waals surface area contributed by atoms with E-state index in [1.165, 1.54) is 0 Å². The number of aromatic nitrogens is 1. The van der Waals surface area contributed by atoms with Gasteiger partial charge < -0.3 is 9.67 Å². The fourth-order valence-electron chi connectivity index (χ4n) is 0.987. The van der Waals surface area contributed by atoms with Gasteiger partial charge >= 0.3 is 0 Å². The van der Waals surface area contributed by atoms with E-state index in [0.29, 0.717) is 6.04 Å². The second-order valence-corrected chi connectivity index (χ2v) is 3.64. The van der Waals surface area contributed by atoms with Crippen molar-refractivity contribution >= 4 is 15.9 Å². The molecule has 0 unspecified atom stereocenters. The molecule has 1 aromatic rings. The molecule has 0 aromatic carbocycles. The maximum Gasteiger partial charge on any atom is 0.0852 e. The van der Waals surface area contributed by atoms with Gasteiger partial charge in [-0.1, -0.05) is 0 Å². The summed E-state index contributed by atoms with van der Waals surface area (Å²) in [6.07, 6.45) is 1.95. The van der Waals surface area contributed by atoms with Crippen LogP contribution in [0.3, 0.4) is 0 Å². The highest BCUT2D eigenvalue weighted by Crippen LogP contribution is 2.19. The Balaban J connectivity index is 2.97. The number of hydrogen-bond acceptors (Lipinski definition) is 1. The fraction of sp³-hybridized carbons (Fsp3) is 0.500. The highest BCUT2D eigenvalue weighted by molar-refractivity contribution is 9.10. The van der Waals surface area contributed by atoms with Crippen molar-refractivity contribution in [3.8, 4) is 0 Å². The third-order valence-corrected chi connectivity index (χ3v) is 2.23. The van der Waals surface area contributed by atoms with Gasteiger partial charge in [0.25, 0.3) is 0 Å². The predicted octanol–water partition coefficient (Wildman–Crippen LogP) is 2.32. The van der Waals surface area contributed by atoms with Crippen LogP contribution < -0.4 is 0 Å². The van der Waals surface area contributed by atoms with E-state index in [2.05, 4.69) is 34.3 Å². The van der Waals surface area contributed by atoms with E-state index in [4.69, 9.17) is 5.11 Å². The van der Waals surface area contributed by atoms with E-state index in [1.54, 1.807) is 0 Å². The Kier molecular flexibility index (Phi) is 2.73. The molecule has 0 aliphatic carbocycles. The van der Waals surface area contributed by atoms with E-state index in [-0.39, 0.29) is 6.61 Å². The molecule has 3 heteroatoms. The summed E-state index contributed by atoms with van der Waals surface area (Å²) < 4.78 is 3.10. The summed E-state index contributed by atoms with van der Waals surface area (Å²) in [5.74, 6) is 0. The molecule has 62 valence electrons. The van der Waals surface area contributed by atoms with Gasteiger partial charge in [0.2, 0.25) is 0 Å². The van der Waals surface area contributed by atoms with Crippen LogP contribution >= 0.6 is 15.9 Å². The molecular formula is C8H12BrNO. The van der Waals surface area contributed by atoms with E-state index >= 15 is 0 Å². The molecule has 0 fully saturated rings. The van der Waals surface area contributed by atoms with Gasteiger partial charge in [0.05, 0.1) is 11.2 Å². The zero-order valence-electron chi connectivity index (χ0n) is 6.71. The van der Waals surface area contributed by atoms with Gasteiger partial charge in [-0.25, -0.2) is 0 Å². The van der Waals surface area contributed by atoms with Gasteiger partial charge in [-0.15, -0.1) is 0 Å². The summed E-state index contributed by atoms with van der Waals surface area (Å²) in [6.45, 7) is 4.32. The second kappa shape index (κ2) is 3.41. The van der Waals surface area contributed by atoms with Crippen molar-refractivity contribution in [3.05, 3.63) is 22.4 Å². The number of nitrogens with zero attached hydrogens (tertiary/aromatic N) is 1. The van der Waals surface area contributed by atoms with Gasteiger partial charge in [0.1, 0.15) is 0 Å². The normalized spacial score (nSPS) is 11.0. The van der Waals surface area contributed by atoms with Crippen LogP contribution in [0.5, 0.6) is 0 Å². The lowest BCUT2D eigenvalue weighted by Crippen LogP contribution is -1.98. The Morgan fingerprint density at radius 2 is 2.27 bits per heavy atom. The average Bonchev–Trinajstić information content (AvgIpc) is 2.30. The van der Waals surface area contributed by atoms with E-state index in [0.717, 1.165) is 10.2 Å². The monoisotopic (exact) mass is 217 g/mol. The minimum absolute atomic E-state index is 0.109. The molecule has 0 bridgehead atoms. The van der Waals surface area contributed by atoms with E-state index in [1.807, 2.05) is 12.3 Å². The minimum atomic E-state index is 0.109. The molecule has 1 aromatic heterocycles. The maximum absolute atomic E-state index is 8.82. The number of hydrogen-bond donors (Lipinski definition) is 1. The molecule has 1 rings (SSSR count). The first-order chi connectivity index (χ1) is 5.15. The molecule has 0 saturated carbocycles. The highest BCUT2D eigenvalue weighted by Gasteiger charge is 2.04. The SMILES string of the molecule is CC(C)n1cc(CO)cc1Br. The molecule has 0 aliphatic heterocycles. The summed E-state index contributed by atoms with van der Waals surface area (Å²) in [6, 6.07) is 2.37. The van der Waals surface area contributed by atoms with Crippen LogP contribution in [0.2, 0.25) is 0 Å². The van der Waals surface area contributed by atoms with Gasteiger partial charge in [-0.05, 0) is 41.4 Å². The summed E-state index contributed by atoms with van der Waals surface area (Å²) in [5, 5.41) is 8.82. The zero-order chi connectivity index (χ0) is 8.43. The molecule has 0 spiro atoms. The average molecular weight is 218 g/mol. The lowest BCUT2D eigenvalue weighted by Gasteiger charge is -2.07. The topological polar surface area (TPSA) is 25.2 Å². The molecular weight excluding hydrogens is 206 g/mol. The second-order valence-electron chi connectivity index (χ2n) is 2.83. The van der Waals surface area contributed by atoms with Gasteiger partial charge in [-0.2, -0.15) is 0 Å². The van der Waals surface area contributed by atoms with Crippen LogP contribution in [0, 0.1) is 0 Å². The Morgan fingerprint density at radius 3 is 2.55 bits per heavy atom. The Bertz CT molecular complexity index is 242. The quantitative estimate of drug-likeness (QED) is 0.809. The summed E-state index contributed by atoms with van der Waals surface area (Å²) in [5.41, 5.74) is 0.950. The first kappa shape index (κ1) is 8.81. The van der Waals surface area contributed by atoms with Gasteiger partial charge in [0, 0.05) is 12.2 Å². The molecule has 1 heterocycles. The van der Waals surface area contributed by atoms with Crippen molar-refractivity contribution in [2.24, 2.45) is 0 Å². The molecule has 0 amide bonds. The van der Waals surface area contributed by atoms with Crippen molar-refractivity contribution in [3.63, 3.8) is 0 Å². The van der Waals surface area contributed by atoms with E-state index in [9.17, 15) is 0 Å². The molecule has 0 saturated heterocycles. The van der Waals surface area contributed by atoms with Crippen LogP contribution in [0.1, 0.15) is 25.5 Å². The third-order valence-electron chi connectivity index (χ3n) is 1.59. The zero-order valence-corrected chi connectivity index (χ0v) is 8.30. The molecule has 2 nitrogen and oxygen atoms in total. The van der Waals surface area contributed by atoms with Crippen molar-refractivity contribution in [2.75, 3.05) is 0 Å². The summed E-state index contributed by atoms with van der Waals surface area (Å²) >= 11 is 3.41. The van der Waals surface area contributed by atoms with Crippen LogP contribution in [-0.4, -0.2) is 9.67 Å². The van der Waals surface area contributed by atoms with Gasteiger partial charge in [0.15, 0.2) is 0 Å². The number of aliphatic hydroxyl groups is 1. The lowest BCUT2D eigenvalue weighted by atomic mass is 10.4. The van der Waals surface area contributed by atoms with Gasteiger partial charge in [-0.3, -0.25) is 0 Å². The number of aliphatic hydroxyl groups excluding tert-OH is 1. The van der Waals surface area contributed by atoms with Crippen molar-refractivity contribution in [1.82, 2.24) is 4.57 Å². The van der Waals surface area contributed by atoms with Crippen LogP contribution in [-0.2, 0) is 6.61 Å². The summed E-state index contributed by atoms with van der Waals surface area (Å²) in [7, 11) is 0. The molecule has 0 atom stereocenters. The maximum atomic E-state index is 8.82. The molecule has 0 radical (unpaired) electrons. The predicted molar refractivity (Wildman–Crippen MR) is 48.4 cm³/mol. The van der Waals surface area contributed by atoms with Crippen LogP contribution in [0.15, 0.2) is 16.9 Å². The van der Waals surface area contributed by atoms with Crippen molar-refractivity contribution in [1.29, 1.82) is 0 Å². The molecule has 1 N–H and O–H groups in total.